The van der Waals surface area contributed by atoms with E-state index < -0.39 is 107 Å². The van der Waals surface area contributed by atoms with Crippen LogP contribution in [0.2, 0.25) is 0 Å². The van der Waals surface area contributed by atoms with Crippen LogP contribution in [0.4, 0.5) is 11.4 Å². The zero-order valence-electron chi connectivity index (χ0n) is 40.1. The van der Waals surface area contributed by atoms with Crippen LogP contribution in [0.3, 0.4) is 0 Å². The molecule has 23 nitrogen and oxygen atoms in total. The first kappa shape index (κ1) is 55.6. The second-order valence-corrected chi connectivity index (χ2v) is 17.5. The molecule has 3 aromatic heterocycles. The van der Waals surface area contributed by atoms with Crippen LogP contribution in [0.5, 0.6) is 11.5 Å². The number of nitrogens with zero attached hydrogens (tertiary/aromatic N) is 2. The third-order valence-corrected chi connectivity index (χ3v) is 11.6. The van der Waals surface area contributed by atoms with E-state index in [1.54, 1.807) is 43.3 Å². The van der Waals surface area contributed by atoms with Crippen molar-refractivity contribution in [2.45, 2.75) is 41.5 Å². The van der Waals surface area contributed by atoms with Crippen LogP contribution in [-0.4, -0.2) is 120 Å². The van der Waals surface area contributed by atoms with E-state index in [0.29, 0.717) is 20.2 Å². The molecule has 0 saturated heterocycles. The summed E-state index contributed by atoms with van der Waals surface area (Å²) in [5, 5.41) is 0.289. The maximum Gasteiger partial charge on any atom is 0.345 e. The maximum atomic E-state index is 13.6. The van der Waals surface area contributed by atoms with Gasteiger partial charge in [0.15, 0.2) is 0 Å². The Hall–Kier alpha value is -8.32. The highest BCUT2D eigenvalue weighted by Crippen LogP contribution is 2.37. The third-order valence-electron chi connectivity index (χ3n) is 9.48. The van der Waals surface area contributed by atoms with Crippen molar-refractivity contribution in [3.8, 4) is 21.9 Å². The largest absolute Gasteiger partial charge is 0.488 e. The Morgan fingerprint density at radius 2 is 0.959 bits per heavy atom. The van der Waals surface area contributed by atoms with Crippen molar-refractivity contribution in [1.82, 2.24) is 0 Å². The van der Waals surface area contributed by atoms with Crippen LogP contribution >= 0.6 is 22.7 Å². The topological polar surface area (TPSA) is 283 Å². The number of ketones is 1. The molecule has 0 aliphatic carbocycles. The van der Waals surface area contributed by atoms with E-state index in [4.69, 9.17) is 51.8 Å². The monoisotopic (exact) mass is 1050 g/mol. The summed E-state index contributed by atoms with van der Waals surface area (Å²) in [6.07, 6.45) is 0. The minimum Gasteiger partial charge on any atom is -0.488 e. The first-order chi connectivity index (χ1) is 34.8. The second-order valence-electron chi connectivity index (χ2n) is 15.2. The molecule has 3 heterocycles. The van der Waals surface area contributed by atoms with E-state index in [-0.39, 0.29) is 58.4 Å². The van der Waals surface area contributed by atoms with Crippen molar-refractivity contribution in [3.05, 3.63) is 91.3 Å². The molecule has 5 aromatic rings. The van der Waals surface area contributed by atoms with Crippen LogP contribution in [0.25, 0.3) is 21.4 Å². The van der Waals surface area contributed by atoms with Crippen LogP contribution < -0.4 is 24.9 Å². The number of hydrogen-bond acceptors (Lipinski definition) is 25. The predicted octanol–water partition coefficient (Wildman–Crippen LogP) is 4.76. The van der Waals surface area contributed by atoms with Gasteiger partial charge in [-0.05, 0) is 67.9 Å². The number of anilines is 2. The second kappa shape index (κ2) is 26.8. The number of fused-ring (bicyclic) bond motifs is 1. The smallest absolute Gasteiger partial charge is 0.345 e. The van der Waals surface area contributed by atoms with Gasteiger partial charge in [-0.3, -0.25) is 43.2 Å². The Morgan fingerprint density at radius 3 is 1.42 bits per heavy atom. The Kier molecular flexibility index (Phi) is 20.4. The van der Waals surface area contributed by atoms with Crippen molar-refractivity contribution in [3.63, 3.8) is 0 Å². The lowest BCUT2D eigenvalue weighted by molar-refractivity contribution is -0.167. The van der Waals surface area contributed by atoms with Crippen molar-refractivity contribution >= 4 is 98.6 Å². The van der Waals surface area contributed by atoms with Crippen LogP contribution in [0.1, 0.15) is 52.7 Å². The van der Waals surface area contributed by atoms with Gasteiger partial charge in [-0.2, -0.15) is 0 Å². The number of rotatable bonds is 26. The summed E-state index contributed by atoms with van der Waals surface area (Å²) in [6, 6.07) is 15.9. The first-order valence-electron chi connectivity index (χ1n) is 21.6. The first-order valence-corrected chi connectivity index (χ1v) is 23.2. The molecular weight excluding hydrogens is 1000 g/mol. The summed E-state index contributed by atoms with van der Waals surface area (Å²) >= 11 is 2.42. The molecule has 0 unspecified atom stereocenters. The number of ether oxygens (including phenoxy) is 10. The van der Waals surface area contributed by atoms with Gasteiger partial charge in [-0.1, -0.05) is 6.07 Å². The summed E-state index contributed by atoms with van der Waals surface area (Å²) in [5.41, 5.74) is 0.104. The van der Waals surface area contributed by atoms with E-state index in [1.807, 2.05) is 13.0 Å². The van der Waals surface area contributed by atoms with Crippen LogP contribution in [0, 0.1) is 13.8 Å². The molecule has 0 radical (unpaired) electrons. The third kappa shape index (κ3) is 17.5. The van der Waals surface area contributed by atoms with E-state index in [1.165, 1.54) is 34.4 Å². The van der Waals surface area contributed by atoms with Gasteiger partial charge in [0.05, 0.1) is 26.7 Å². The average Bonchev–Trinajstić information content (AvgIpc) is 3.99. The quantitative estimate of drug-likeness (QED) is 0.0180. The molecule has 0 aliphatic rings. The lowest BCUT2D eigenvalue weighted by Crippen LogP contribution is -2.37. The van der Waals surface area contributed by atoms with Crippen molar-refractivity contribution in [1.29, 1.82) is 0 Å². The van der Waals surface area contributed by atoms with Crippen LogP contribution in [0.15, 0.2) is 69.9 Å². The molecule has 5 rings (SSSR count). The van der Waals surface area contributed by atoms with Gasteiger partial charge in [0.1, 0.15) is 56.5 Å². The summed E-state index contributed by atoms with van der Waals surface area (Å²) < 4.78 is 57.2. The zero-order valence-corrected chi connectivity index (χ0v) is 41.8. The highest BCUT2D eigenvalue weighted by Gasteiger charge is 2.26. The number of carbonyl (C=O) groups is 9. The van der Waals surface area contributed by atoms with Crippen molar-refractivity contribution < 1.29 is 94.9 Å². The molecule has 73 heavy (non-hydrogen) atoms. The lowest BCUT2D eigenvalue weighted by atomic mass is 10.1. The lowest BCUT2D eigenvalue weighted by Gasteiger charge is -2.26. The average molecular weight is 1050 g/mol. The highest BCUT2D eigenvalue weighted by molar-refractivity contribution is 7.19. The van der Waals surface area contributed by atoms with Gasteiger partial charge in [0.2, 0.25) is 33.0 Å². The molecule has 0 atom stereocenters. The fourth-order valence-electron chi connectivity index (χ4n) is 6.23. The minimum atomic E-state index is -0.997. The summed E-state index contributed by atoms with van der Waals surface area (Å²) in [7, 11) is 0. The summed E-state index contributed by atoms with van der Waals surface area (Å²) in [5.74, 6) is -6.84. The van der Waals surface area contributed by atoms with Crippen molar-refractivity contribution in [2.75, 3.05) is 76.4 Å². The van der Waals surface area contributed by atoms with Gasteiger partial charge < -0.3 is 61.6 Å². The molecular formula is C48H48N2O21S2. The number of esters is 8. The Bertz CT molecular complexity index is 2850. The molecule has 0 bridgehead atoms. The van der Waals surface area contributed by atoms with E-state index >= 15 is 0 Å². The molecule has 0 amide bonds. The molecule has 0 spiro atoms. The number of thiophene rings is 2. The molecule has 2 aromatic carbocycles. The van der Waals surface area contributed by atoms with E-state index in [9.17, 15) is 47.9 Å². The number of hydrogen-bond donors (Lipinski definition) is 0. The minimum absolute atomic E-state index is 0.0243. The highest BCUT2D eigenvalue weighted by atomic mass is 32.1. The Morgan fingerprint density at radius 1 is 0.507 bits per heavy atom. The molecule has 0 N–H and O–H groups in total. The van der Waals surface area contributed by atoms with Gasteiger partial charge in [-0.15, -0.1) is 22.7 Å². The van der Waals surface area contributed by atoms with E-state index in [2.05, 4.69) is 0 Å². The summed E-state index contributed by atoms with van der Waals surface area (Å²) in [6.45, 7) is 1.97. The fourth-order valence-corrected chi connectivity index (χ4v) is 8.08. The maximum absolute atomic E-state index is 13.6. The Labute approximate surface area is 423 Å². The molecule has 0 saturated carbocycles. The van der Waals surface area contributed by atoms with E-state index in [0.717, 1.165) is 48.8 Å². The van der Waals surface area contributed by atoms with Gasteiger partial charge in [0.25, 0.3) is 0 Å². The van der Waals surface area contributed by atoms with Crippen molar-refractivity contribution in [2.24, 2.45) is 0 Å². The number of carbonyl (C=O) groups excluding carboxylic acids is 9. The summed E-state index contributed by atoms with van der Waals surface area (Å²) in [4.78, 5) is 129. The SMILES string of the molecule is CC(=O)OCOC(=O)CN(CC(=O)OCOC(C)=O)c1ccc(C)cc1OCCOc1cc2cc(-c3ccc(C(=O)c4ccc(C)s4)s3)c(=O)oc2cc1N(CC(=O)OCOC(C)=O)CC(=O)OCOC(C)=O. The van der Waals surface area contributed by atoms with Gasteiger partial charge in [0, 0.05) is 48.9 Å². The van der Waals surface area contributed by atoms with Crippen LogP contribution in [-0.2, 0) is 76.3 Å². The van der Waals surface area contributed by atoms with Gasteiger partial charge in [-0.25, -0.2) is 4.79 Å². The molecule has 25 heteroatoms. The zero-order chi connectivity index (χ0) is 53.2. The molecule has 0 aliphatic heterocycles. The Balaban J connectivity index is 1.50. The number of aryl methyl sites for hydroxylation is 2. The normalized spacial score (nSPS) is 10.6. The standard InChI is InChI=1S/C48H48N2O21S2/c1-27-7-9-35(49(19-43(55)67-23-63-29(3)51)20-44(56)68-24-64-30(4)52)38(15-27)61-13-14-62-39-17-33-16-34(40-11-12-42(73-40)47(59)41-10-8-28(2)72-41)48(60)71-37(33)18-36(39)50(21-45(57)69-25-65-31(5)53)22-46(58)70-26-66-32(6)54/h7-12,15-18H,13-14,19-26H2,1-6H3. The molecule has 0 fully saturated rings. The number of benzene rings is 2. The molecule has 388 valence electrons. The fraction of sp³-hybridized carbons (Fsp3) is 0.333. The predicted molar refractivity (Wildman–Crippen MR) is 256 cm³/mol. The van der Waals surface area contributed by atoms with Gasteiger partial charge >= 0.3 is 53.4 Å².